The molecule has 0 N–H and O–H groups in total. The van der Waals surface area contributed by atoms with Crippen molar-refractivity contribution in [2.24, 2.45) is 0 Å². The lowest BCUT2D eigenvalue weighted by Crippen LogP contribution is -2.32. The lowest BCUT2D eigenvalue weighted by Gasteiger charge is -2.27. The van der Waals surface area contributed by atoms with Crippen LogP contribution in [0.15, 0.2) is 10.6 Å². The van der Waals surface area contributed by atoms with E-state index in [0.29, 0.717) is 0 Å². The van der Waals surface area contributed by atoms with Crippen molar-refractivity contribution in [3.05, 3.63) is 10.6 Å². The summed E-state index contributed by atoms with van der Waals surface area (Å²) in [6.45, 7) is 2.58. The molecule has 0 aromatic heterocycles. The first kappa shape index (κ1) is 8.17. The zero-order valence-electron chi connectivity index (χ0n) is 7.30. The van der Waals surface area contributed by atoms with Crippen molar-refractivity contribution in [2.45, 2.75) is 26.2 Å². The molecule has 3 heteroatoms. The SMILES string of the molecule is CC(=O)N1CCSC2=C1CCC2. The molecule has 0 unspecified atom stereocenters. The van der Waals surface area contributed by atoms with Gasteiger partial charge in [0.25, 0.3) is 0 Å². The van der Waals surface area contributed by atoms with Gasteiger partial charge in [-0.2, -0.15) is 0 Å². The standard InChI is InChI=1S/C9H13NOS/c1-7(11)10-5-6-12-9-4-2-3-8(9)10/h2-6H2,1H3. The topological polar surface area (TPSA) is 20.3 Å². The Morgan fingerprint density at radius 3 is 3.08 bits per heavy atom. The molecular weight excluding hydrogens is 170 g/mol. The van der Waals surface area contributed by atoms with Crippen LogP contribution in [0, 0.1) is 0 Å². The van der Waals surface area contributed by atoms with E-state index in [4.69, 9.17) is 0 Å². The van der Waals surface area contributed by atoms with Crippen LogP contribution in [0.4, 0.5) is 0 Å². The van der Waals surface area contributed by atoms with E-state index in [2.05, 4.69) is 0 Å². The number of carbonyl (C=O) groups excluding carboxylic acids is 1. The van der Waals surface area contributed by atoms with Gasteiger partial charge in [-0.3, -0.25) is 4.79 Å². The van der Waals surface area contributed by atoms with Crippen LogP contribution in [0.2, 0.25) is 0 Å². The van der Waals surface area contributed by atoms with E-state index in [0.717, 1.165) is 18.7 Å². The average Bonchev–Trinajstić information content (AvgIpc) is 2.49. The van der Waals surface area contributed by atoms with Crippen LogP contribution in [0.1, 0.15) is 26.2 Å². The van der Waals surface area contributed by atoms with Gasteiger partial charge in [-0.05, 0) is 19.3 Å². The van der Waals surface area contributed by atoms with Crippen LogP contribution in [-0.2, 0) is 4.79 Å². The number of rotatable bonds is 0. The van der Waals surface area contributed by atoms with E-state index in [1.54, 1.807) is 6.92 Å². The molecule has 0 aromatic carbocycles. The Morgan fingerprint density at radius 2 is 2.33 bits per heavy atom. The Hall–Kier alpha value is -0.440. The third-order valence-corrected chi connectivity index (χ3v) is 3.61. The molecule has 2 aliphatic rings. The van der Waals surface area contributed by atoms with Gasteiger partial charge < -0.3 is 4.90 Å². The number of thioether (sulfide) groups is 1. The predicted molar refractivity (Wildman–Crippen MR) is 50.7 cm³/mol. The summed E-state index contributed by atoms with van der Waals surface area (Å²) in [4.78, 5) is 14.7. The quantitative estimate of drug-likeness (QED) is 0.572. The minimum absolute atomic E-state index is 0.213. The number of amides is 1. The third kappa shape index (κ3) is 1.26. The number of nitrogens with zero attached hydrogens (tertiary/aromatic N) is 1. The molecule has 0 bridgehead atoms. The number of allylic oxidation sites excluding steroid dienone is 2. The molecule has 1 amide bonds. The molecule has 2 rings (SSSR count). The van der Waals surface area contributed by atoms with E-state index in [9.17, 15) is 4.79 Å². The van der Waals surface area contributed by atoms with Crippen LogP contribution in [0.25, 0.3) is 0 Å². The monoisotopic (exact) mass is 183 g/mol. The van der Waals surface area contributed by atoms with Gasteiger partial charge in [-0.25, -0.2) is 0 Å². The van der Waals surface area contributed by atoms with E-state index in [1.165, 1.54) is 23.4 Å². The highest BCUT2D eigenvalue weighted by atomic mass is 32.2. The molecule has 66 valence electrons. The molecule has 0 saturated carbocycles. The van der Waals surface area contributed by atoms with E-state index < -0.39 is 0 Å². The van der Waals surface area contributed by atoms with Crippen LogP contribution >= 0.6 is 11.8 Å². The molecule has 0 saturated heterocycles. The van der Waals surface area contributed by atoms with Crippen LogP contribution in [0.5, 0.6) is 0 Å². The molecule has 1 aliphatic carbocycles. The first-order chi connectivity index (χ1) is 5.79. The Labute approximate surface area is 77.0 Å². The van der Waals surface area contributed by atoms with Crippen molar-refractivity contribution >= 4 is 17.7 Å². The van der Waals surface area contributed by atoms with E-state index in [-0.39, 0.29) is 5.91 Å². The lowest BCUT2D eigenvalue weighted by molar-refractivity contribution is -0.126. The third-order valence-electron chi connectivity index (χ3n) is 2.44. The summed E-state index contributed by atoms with van der Waals surface area (Å²) in [6.07, 6.45) is 3.55. The highest BCUT2D eigenvalue weighted by Gasteiger charge is 2.26. The Bertz CT molecular complexity index is 247. The summed E-state index contributed by atoms with van der Waals surface area (Å²) < 4.78 is 0. The maximum Gasteiger partial charge on any atom is 0.223 e. The highest BCUT2D eigenvalue weighted by molar-refractivity contribution is 8.03. The highest BCUT2D eigenvalue weighted by Crippen LogP contribution is 2.39. The summed E-state index contributed by atoms with van der Waals surface area (Å²) in [5.41, 5.74) is 1.32. The fraction of sp³-hybridized carbons (Fsp3) is 0.667. The second-order valence-electron chi connectivity index (χ2n) is 3.24. The van der Waals surface area contributed by atoms with Gasteiger partial charge in [0.15, 0.2) is 0 Å². The van der Waals surface area contributed by atoms with Gasteiger partial charge >= 0.3 is 0 Å². The van der Waals surface area contributed by atoms with Crippen molar-refractivity contribution in [2.75, 3.05) is 12.3 Å². The van der Waals surface area contributed by atoms with Crippen molar-refractivity contribution < 1.29 is 4.79 Å². The van der Waals surface area contributed by atoms with E-state index >= 15 is 0 Å². The second-order valence-corrected chi connectivity index (χ2v) is 4.43. The first-order valence-electron chi connectivity index (χ1n) is 4.42. The van der Waals surface area contributed by atoms with Gasteiger partial charge in [-0.15, -0.1) is 11.8 Å². The summed E-state index contributed by atoms with van der Waals surface area (Å²) in [5, 5.41) is 0. The fourth-order valence-corrected chi connectivity index (χ4v) is 3.07. The molecule has 1 heterocycles. The molecule has 0 atom stereocenters. The maximum absolute atomic E-state index is 11.2. The summed E-state index contributed by atoms with van der Waals surface area (Å²) >= 11 is 1.94. The molecule has 0 radical (unpaired) electrons. The molecule has 0 spiro atoms. The summed E-state index contributed by atoms with van der Waals surface area (Å²) in [5.74, 6) is 1.29. The Balaban J connectivity index is 2.24. The minimum Gasteiger partial charge on any atom is -0.315 e. The van der Waals surface area contributed by atoms with Crippen molar-refractivity contribution in [3.8, 4) is 0 Å². The van der Waals surface area contributed by atoms with Gasteiger partial charge in [-0.1, -0.05) is 0 Å². The number of hydrogen-bond acceptors (Lipinski definition) is 2. The second kappa shape index (κ2) is 3.13. The zero-order valence-corrected chi connectivity index (χ0v) is 8.12. The molecular formula is C9H13NOS. The van der Waals surface area contributed by atoms with Crippen molar-refractivity contribution in [1.29, 1.82) is 0 Å². The van der Waals surface area contributed by atoms with Crippen molar-refractivity contribution in [1.82, 2.24) is 4.90 Å². The van der Waals surface area contributed by atoms with E-state index in [1.807, 2.05) is 16.7 Å². The van der Waals surface area contributed by atoms with Crippen LogP contribution < -0.4 is 0 Å². The molecule has 0 aromatic rings. The van der Waals surface area contributed by atoms with Crippen LogP contribution in [-0.4, -0.2) is 23.1 Å². The number of hydrogen-bond donors (Lipinski definition) is 0. The predicted octanol–water partition coefficient (Wildman–Crippen LogP) is 1.98. The zero-order chi connectivity index (χ0) is 8.55. The molecule has 0 fully saturated rings. The molecule has 12 heavy (non-hydrogen) atoms. The smallest absolute Gasteiger partial charge is 0.223 e. The summed E-state index contributed by atoms with van der Waals surface area (Å²) in [7, 11) is 0. The largest absolute Gasteiger partial charge is 0.315 e. The normalized spacial score (nSPS) is 22.9. The first-order valence-corrected chi connectivity index (χ1v) is 5.40. The molecule has 1 aliphatic heterocycles. The Kier molecular flexibility index (Phi) is 2.13. The Morgan fingerprint density at radius 1 is 1.50 bits per heavy atom. The van der Waals surface area contributed by atoms with Crippen LogP contribution in [0.3, 0.4) is 0 Å². The van der Waals surface area contributed by atoms with Gasteiger partial charge in [0.05, 0.1) is 0 Å². The van der Waals surface area contributed by atoms with Gasteiger partial charge in [0.2, 0.25) is 5.91 Å². The van der Waals surface area contributed by atoms with Gasteiger partial charge in [0.1, 0.15) is 0 Å². The minimum atomic E-state index is 0.213. The van der Waals surface area contributed by atoms with Gasteiger partial charge in [0, 0.05) is 29.8 Å². The van der Waals surface area contributed by atoms with Crippen molar-refractivity contribution in [3.63, 3.8) is 0 Å². The summed E-state index contributed by atoms with van der Waals surface area (Å²) in [6, 6.07) is 0. The fourth-order valence-electron chi connectivity index (χ4n) is 1.88. The molecule has 2 nitrogen and oxygen atoms in total. The number of carbonyl (C=O) groups is 1. The lowest BCUT2D eigenvalue weighted by atomic mass is 10.3. The maximum atomic E-state index is 11.2. The average molecular weight is 183 g/mol.